The number of nitro groups is 1. The van der Waals surface area contributed by atoms with Crippen LogP contribution in [-0.4, -0.2) is 21.5 Å². The number of carbonyl (C=O) groups excluding carboxylic acids is 1. The minimum Gasteiger partial charge on any atom is -0.460 e. The molecule has 0 amide bonds. The number of esters is 1. The van der Waals surface area contributed by atoms with Crippen LogP contribution in [0.5, 0.6) is 0 Å². The maximum Gasteiger partial charge on any atom is 0.309 e. The highest BCUT2D eigenvalue weighted by molar-refractivity contribution is 6.11. The number of pyridine rings is 1. The Labute approximate surface area is 234 Å². The summed E-state index contributed by atoms with van der Waals surface area (Å²) in [6, 6.07) is 23.4. The molecule has 1 heterocycles. The summed E-state index contributed by atoms with van der Waals surface area (Å²) >= 11 is 0. The van der Waals surface area contributed by atoms with Crippen molar-refractivity contribution in [1.82, 2.24) is 4.98 Å². The summed E-state index contributed by atoms with van der Waals surface area (Å²) in [7, 11) is 0. The number of fused-ring (bicyclic) bond motifs is 6. The molecule has 0 spiro atoms. The van der Waals surface area contributed by atoms with Crippen molar-refractivity contribution in [2.45, 2.75) is 58.5 Å². The van der Waals surface area contributed by atoms with Gasteiger partial charge in [-0.25, -0.2) is 0 Å². The molecule has 0 N–H and O–H groups in total. The SMILES string of the molecule is CC(C)(C)OC(=O)C1Cc2ccc3c(ccc4c([N+](=O)[O-])cccc43)c2C(C)(C)C1.c1ccc2cnccc2c1. The Morgan fingerprint density at radius 1 is 0.900 bits per heavy atom. The molecule has 1 aliphatic rings. The molecule has 204 valence electrons. The van der Waals surface area contributed by atoms with Gasteiger partial charge in [0.1, 0.15) is 5.60 Å². The van der Waals surface area contributed by atoms with Crippen LogP contribution in [-0.2, 0) is 21.4 Å². The minimum atomic E-state index is -0.501. The molecule has 1 aliphatic carbocycles. The van der Waals surface area contributed by atoms with Crippen molar-refractivity contribution in [3.05, 3.63) is 106 Å². The van der Waals surface area contributed by atoms with Gasteiger partial charge in [0, 0.05) is 18.5 Å². The van der Waals surface area contributed by atoms with Gasteiger partial charge in [0.25, 0.3) is 5.69 Å². The van der Waals surface area contributed by atoms with E-state index in [4.69, 9.17) is 4.74 Å². The van der Waals surface area contributed by atoms with E-state index in [-0.39, 0.29) is 27.9 Å². The van der Waals surface area contributed by atoms with E-state index in [2.05, 4.69) is 37.0 Å². The largest absolute Gasteiger partial charge is 0.460 e. The third-order valence-corrected chi connectivity index (χ3v) is 7.51. The summed E-state index contributed by atoms with van der Waals surface area (Å²) in [6.45, 7) is 10.0. The molecule has 1 unspecified atom stereocenters. The third kappa shape index (κ3) is 5.39. The number of carbonyl (C=O) groups is 1. The molecule has 6 heteroatoms. The van der Waals surface area contributed by atoms with Gasteiger partial charge in [-0.2, -0.15) is 0 Å². The number of nitrogens with zero attached hydrogens (tertiary/aromatic N) is 2. The number of benzene rings is 4. The maximum absolute atomic E-state index is 12.8. The number of aromatic nitrogens is 1. The van der Waals surface area contributed by atoms with Crippen LogP contribution >= 0.6 is 0 Å². The van der Waals surface area contributed by atoms with Gasteiger partial charge in [0.2, 0.25) is 0 Å². The van der Waals surface area contributed by atoms with Crippen LogP contribution < -0.4 is 0 Å². The summed E-state index contributed by atoms with van der Waals surface area (Å²) in [5, 5.41) is 17.5. The fourth-order valence-electron chi connectivity index (χ4n) is 5.97. The highest BCUT2D eigenvalue weighted by atomic mass is 16.6. The van der Waals surface area contributed by atoms with Crippen LogP contribution in [0.15, 0.2) is 85.2 Å². The summed E-state index contributed by atoms with van der Waals surface area (Å²) in [5.74, 6) is -0.318. The third-order valence-electron chi connectivity index (χ3n) is 7.51. The zero-order valence-electron chi connectivity index (χ0n) is 23.6. The van der Waals surface area contributed by atoms with Crippen molar-refractivity contribution < 1.29 is 14.5 Å². The number of hydrogen-bond acceptors (Lipinski definition) is 5. The van der Waals surface area contributed by atoms with E-state index in [1.165, 1.54) is 16.3 Å². The quantitative estimate of drug-likeness (QED) is 0.0984. The van der Waals surface area contributed by atoms with Gasteiger partial charge in [0.15, 0.2) is 0 Å². The molecule has 1 aromatic heterocycles. The standard InChI is InChI=1S/C25H27NO4.C9H7N/c1-24(2,3)30-23(27)16-13-15-9-10-18-17-7-6-8-21(26(28)29)19(17)11-12-20(18)22(15)25(4,5)14-16;1-2-4-9-7-10-6-5-8(9)3-1/h6-12,16H,13-14H2,1-5H3;1-7H. The molecule has 40 heavy (non-hydrogen) atoms. The first kappa shape index (κ1) is 27.3. The molecular weight excluding hydrogens is 500 g/mol. The van der Waals surface area contributed by atoms with Gasteiger partial charge in [-0.3, -0.25) is 19.9 Å². The topological polar surface area (TPSA) is 82.3 Å². The molecule has 0 fully saturated rings. The smallest absolute Gasteiger partial charge is 0.309 e. The Hall–Kier alpha value is -4.32. The molecule has 0 radical (unpaired) electrons. The minimum absolute atomic E-state index is 0.122. The number of ether oxygens (including phenoxy) is 1. The average Bonchev–Trinajstić information content (AvgIpc) is 2.91. The van der Waals surface area contributed by atoms with Crippen molar-refractivity contribution in [1.29, 1.82) is 0 Å². The Bertz CT molecular complexity index is 1690. The first-order chi connectivity index (χ1) is 18.9. The van der Waals surface area contributed by atoms with E-state index >= 15 is 0 Å². The summed E-state index contributed by atoms with van der Waals surface area (Å²) in [4.78, 5) is 27.9. The second-order valence-corrected chi connectivity index (χ2v) is 12.1. The van der Waals surface area contributed by atoms with Crippen molar-refractivity contribution in [2.24, 2.45) is 5.92 Å². The van der Waals surface area contributed by atoms with Crippen molar-refractivity contribution in [2.75, 3.05) is 0 Å². The lowest BCUT2D eigenvalue weighted by atomic mass is 9.67. The molecule has 5 aromatic rings. The molecule has 6 rings (SSSR count). The van der Waals surface area contributed by atoms with E-state index in [1.54, 1.807) is 12.1 Å². The van der Waals surface area contributed by atoms with Crippen LogP contribution in [0.25, 0.3) is 32.3 Å². The van der Waals surface area contributed by atoms with Crippen molar-refractivity contribution in [3.8, 4) is 0 Å². The molecule has 0 saturated heterocycles. The Balaban J connectivity index is 0.000000269. The van der Waals surface area contributed by atoms with Crippen LogP contribution in [0.2, 0.25) is 0 Å². The first-order valence-corrected chi connectivity index (χ1v) is 13.6. The van der Waals surface area contributed by atoms with Gasteiger partial charge < -0.3 is 4.74 Å². The molecule has 0 aliphatic heterocycles. The zero-order chi connectivity index (χ0) is 28.7. The van der Waals surface area contributed by atoms with Crippen LogP contribution in [0.3, 0.4) is 0 Å². The molecule has 6 nitrogen and oxygen atoms in total. The number of hydrogen-bond donors (Lipinski definition) is 0. The van der Waals surface area contributed by atoms with Crippen LogP contribution in [0, 0.1) is 16.0 Å². The fourth-order valence-corrected chi connectivity index (χ4v) is 5.97. The van der Waals surface area contributed by atoms with Crippen LogP contribution in [0.4, 0.5) is 5.69 Å². The lowest BCUT2D eigenvalue weighted by molar-refractivity contribution is -0.383. The monoisotopic (exact) mass is 534 g/mol. The summed E-state index contributed by atoms with van der Waals surface area (Å²) < 4.78 is 5.66. The highest BCUT2D eigenvalue weighted by Gasteiger charge is 2.39. The van der Waals surface area contributed by atoms with Gasteiger partial charge in [-0.05, 0) is 89.2 Å². The summed E-state index contributed by atoms with van der Waals surface area (Å²) in [6.07, 6.45) is 5.04. The number of rotatable bonds is 2. The first-order valence-electron chi connectivity index (χ1n) is 13.6. The number of non-ortho nitro benzene ring substituents is 1. The Kier molecular flexibility index (Phi) is 7.05. The highest BCUT2D eigenvalue weighted by Crippen LogP contribution is 2.45. The van der Waals surface area contributed by atoms with E-state index in [9.17, 15) is 14.9 Å². The lowest BCUT2D eigenvalue weighted by Gasteiger charge is -2.38. The van der Waals surface area contributed by atoms with E-state index in [1.807, 2.05) is 75.6 Å². The molecule has 0 saturated carbocycles. The van der Waals surface area contributed by atoms with E-state index < -0.39 is 5.60 Å². The Morgan fingerprint density at radius 3 is 2.27 bits per heavy atom. The lowest BCUT2D eigenvalue weighted by Crippen LogP contribution is -2.37. The second kappa shape index (κ2) is 10.3. The average molecular weight is 535 g/mol. The van der Waals surface area contributed by atoms with Gasteiger partial charge in [-0.15, -0.1) is 0 Å². The molecule has 0 bridgehead atoms. The van der Waals surface area contributed by atoms with Gasteiger partial charge in [-0.1, -0.05) is 68.4 Å². The van der Waals surface area contributed by atoms with E-state index in [0.717, 1.165) is 21.7 Å². The normalized spacial score (nSPS) is 16.2. The Morgan fingerprint density at radius 2 is 1.57 bits per heavy atom. The predicted molar refractivity (Wildman–Crippen MR) is 161 cm³/mol. The second-order valence-electron chi connectivity index (χ2n) is 12.1. The molecular formula is C34H34N2O4. The van der Waals surface area contributed by atoms with Crippen molar-refractivity contribution in [3.63, 3.8) is 0 Å². The molecule has 4 aromatic carbocycles. The zero-order valence-corrected chi connectivity index (χ0v) is 23.6. The van der Waals surface area contributed by atoms with Crippen LogP contribution in [0.1, 0.15) is 52.2 Å². The van der Waals surface area contributed by atoms with Gasteiger partial charge >= 0.3 is 5.97 Å². The maximum atomic E-state index is 12.8. The predicted octanol–water partition coefficient (Wildman–Crippen LogP) is 8.32. The number of nitro benzene ring substituents is 1. The fraction of sp³-hybridized carbons (Fsp3) is 0.294. The summed E-state index contributed by atoms with van der Waals surface area (Å²) in [5.41, 5.74) is 1.78. The van der Waals surface area contributed by atoms with Gasteiger partial charge in [0.05, 0.1) is 16.2 Å². The van der Waals surface area contributed by atoms with Crippen molar-refractivity contribution >= 4 is 44.0 Å². The molecule has 1 atom stereocenters. The van der Waals surface area contributed by atoms with E-state index in [0.29, 0.717) is 18.2 Å².